The van der Waals surface area contributed by atoms with Gasteiger partial charge in [0, 0.05) is 6.42 Å². The van der Waals surface area contributed by atoms with Gasteiger partial charge in [-0.2, -0.15) is 0 Å². The molecule has 0 unspecified atom stereocenters. The lowest BCUT2D eigenvalue weighted by molar-refractivity contribution is -0.164. The van der Waals surface area contributed by atoms with Gasteiger partial charge in [0.1, 0.15) is 0 Å². The molecule has 0 saturated heterocycles. The number of hydrogen-bond donors (Lipinski definition) is 0. The topological polar surface area (TPSA) is 52.6 Å². The van der Waals surface area contributed by atoms with Crippen LogP contribution < -0.4 is 0 Å². The lowest BCUT2D eigenvalue weighted by Gasteiger charge is -2.39. The first-order valence-electron chi connectivity index (χ1n) is 13.4. The average Bonchev–Trinajstić information content (AvgIpc) is 2.68. The minimum absolute atomic E-state index is 0.00318. The highest BCUT2D eigenvalue weighted by Gasteiger charge is 2.45. The third-order valence-electron chi connectivity index (χ3n) is 6.80. The van der Waals surface area contributed by atoms with Gasteiger partial charge in [-0.05, 0) is 49.4 Å². The van der Waals surface area contributed by atoms with Crippen LogP contribution in [-0.2, 0) is 19.1 Å². The van der Waals surface area contributed by atoms with Crippen LogP contribution in [0.25, 0.3) is 0 Å². The maximum Gasteiger partial charge on any atom is 0.312 e. The van der Waals surface area contributed by atoms with Gasteiger partial charge in [0.25, 0.3) is 0 Å². The van der Waals surface area contributed by atoms with Gasteiger partial charge in [-0.1, -0.05) is 93.9 Å². The summed E-state index contributed by atoms with van der Waals surface area (Å²) in [6, 6.07) is 0. The van der Waals surface area contributed by atoms with Crippen LogP contribution in [-0.4, -0.2) is 25.2 Å². The van der Waals surface area contributed by atoms with Crippen molar-refractivity contribution >= 4 is 11.9 Å². The Bertz CT molecular complexity index is 486. The zero-order valence-electron chi connectivity index (χ0n) is 22.6. The van der Waals surface area contributed by atoms with E-state index < -0.39 is 0 Å². The smallest absolute Gasteiger partial charge is 0.312 e. The van der Waals surface area contributed by atoms with Gasteiger partial charge in [0.05, 0.1) is 18.6 Å². The Morgan fingerprint density at radius 2 is 1.06 bits per heavy atom. The molecule has 0 saturated carbocycles. The second-order valence-electron chi connectivity index (χ2n) is 11.0. The number of esters is 2. The van der Waals surface area contributed by atoms with Crippen molar-refractivity contribution in [3.05, 3.63) is 0 Å². The third kappa shape index (κ3) is 12.8. The summed E-state index contributed by atoms with van der Waals surface area (Å²) in [5, 5.41) is 0. The van der Waals surface area contributed by atoms with Crippen molar-refractivity contribution in [1.82, 2.24) is 0 Å². The summed E-state index contributed by atoms with van der Waals surface area (Å²) >= 11 is 0. The normalized spacial score (nSPS) is 12.2. The van der Waals surface area contributed by atoms with Crippen molar-refractivity contribution in [2.75, 3.05) is 13.2 Å². The van der Waals surface area contributed by atoms with Crippen LogP contribution in [0.4, 0.5) is 0 Å². The van der Waals surface area contributed by atoms with Crippen LogP contribution in [0.15, 0.2) is 0 Å². The molecule has 0 radical (unpaired) electrons. The maximum atomic E-state index is 13.1. The molecule has 32 heavy (non-hydrogen) atoms. The first-order valence-corrected chi connectivity index (χ1v) is 13.4. The second kappa shape index (κ2) is 17.4. The van der Waals surface area contributed by atoms with E-state index in [0.29, 0.717) is 31.5 Å². The molecular formula is C28H54O4. The predicted molar refractivity (Wildman–Crippen MR) is 134 cm³/mol. The van der Waals surface area contributed by atoms with E-state index in [4.69, 9.17) is 9.47 Å². The molecule has 0 aliphatic rings. The first kappa shape index (κ1) is 30.9. The van der Waals surface area contributed by atoms with E-state index in [-0.39, 0.29) is 29.2 Å². The Balaban J connectivity index is 4.15. The van der Waals surface area contributed by atoms with E-state index in [1.54, 1.807) is 0 Å². The SMILES string of the molecule is CC(C)CCOC(=O)CCCCCCCCCC(C(=O)OCCC(C)C)(C(C)C)C(C)C. The number of ether oxygens (including phenoxy) is 2. The van der Waals surface area contributed by atoms with E-state index in [1.165, 1.54) is 12.8 Å². The number of rotatable bonds is 19. The van der Waals surface area contributed by atoms with Crippen LogP contribution in [0.1, 0.15) is 126 Å². The Morgan fingerprint density at radius 1 is 0.625 bits per heavy atom. The van der Waals surface area contributed by atoms with Crippen molar-refractivity contribution in [2.24, 2.45) is 29.1 Å². The van der Waals surface area contributed by atoms with Crippen LogP contribution in [0.2, 0.25) is 0 Å². The molecule has 0 atom stereocenters. The Labute approximate surface area is 199 Å². The van der Waals surface area contributed by atoms with Gasteiger partial charge in [-0.15, -0.1) is 0 Å². The fourth-order valence-corrected chi connectivity index (χ4v) is 4.39. The molecule has 0 aromatic heterocycles. The molecule has 0 aromatic carbocycles. The molecule has 4 nitrogen and oxygen atoms in total. The van der Waals surface area contributed by atoms with Crippen LogP contribution in [0.5, 0.6) is 0 Å². The lowest BCUT2D eigenvalue weighted by atomic mass is 9.66. The third-order valence-corrected chi connectivity index (χ3v) is 6.80. The minimum Gasteiger partial charge on any atom is -0.466 e. The fourth-order valence-electron chi connectivity index (χ4n) is 4.39. The summed E-state index contributed by atoms with van der Waals surface area (Å²) in [4.78, 5) is 24.8. The minimum atomic E-state index is -0.382. The van der Waals surface area contributed by atoms with E-state index in [0.717, 1.165) is 51.4 Å². The summed E-state index contributed by atoms with van der Waals surface area (Å²) in [5.41, 5.74) is -0.382. The highest BCUT2D eigenvalue weighted by Crippen LogP contribution is 2.42. The fraction of sp³-hybridized carbons (Fsp3) is 0.929. The van der Waals surface area contributed by atoms with E-state index >= 15 is 0 Å². The quantitative estimate of drug-likeness (QED) is 0.147. The van der Waals surface area contributed by atoms with Crippen LogP contribution >= 0.6 is 0 Å². The van der Waals surface area contributed by atoms with Crippen molar-refractivity contribution in [3.63, 3.8) is 0 Å². The van der Waals surface area contributed by atoms with Gasteiger partial charge in [-0.25, -0.2) is 0 Å². The van der Waals surface area contributed by atoms with E-state index in [9.17, 15) is 9.59 Å². The van der Waals surface area contributed by atoms with Gasteiger partial charge in [0.15, 0.2) is 0 Å². The van der Waals surface area contributed by atoms with E-state index in [1.807, 2.05) is 0 Å². The zero-order chi connectivity index (χ0) is 24.6. The van der Waals surface area contributed by atoms with Gasteiger partial charge >= 0.3 is 11.9 Å². The van der Waals surface area contributed by atoms with Crippen molar-refractivity contribution in [2.45, 2.75) is 126 Å². The van der Waals surface area contributed by atoms with Crippen molar-refractivity contribution in [1.29, 1.82) is 0 Å². The van der Waals surface area contributed by atoms with Gasteiger partial charge in [0.2, 0.25) is 0 Å². The number of carbonyl (C=O) groups excluding carboxylic acids is 2. The maximum absolute atomic E-state index is 13.1. The molecule has 0 fully saturated rings. The Hall–Kier alpha value is -1.06. The molecule has 190 valence electrons. The van der Waals surface area contributed by atoms with Crippen LogP contribution in [0.3, 0.4) is 0 Å². The second-order valence-corrected chi connectivity index (χ2v) is 11.0. The number of carbonyl (C=O) groups is 2. The molecule has 0 N–H and O–H groups in total. The molecule has 0 heterocycles. The number of hydrogen-bond acceptors (Lipinski definition) is 4. The lowest BCUT2D eigenvalue weighted by Crippen LogP contribution is -2.42. The largest absolute Gasteiger partial charge is 0.466 e. The van der Waals surface area contributed by atoms with Gasteiger partial charge in [-0.3, -0.25) is 9.59 Å². The molecule has 0 aliphatic heterocycles. The highest BCUT2D eigenvalue weighted by molar-refractivity contribution is 5.77. The predicted octanol–water partition coefficient (Wildman–Crippen LogP) is 7.97. The van der Waals surface area contributed by atoms with Crippen molar-refractivity contribution < 1.29 is 19.1 Å². The van der Waals surface area contributed by atoms with Crippen LogP contribution in [0, 0.1) is 29.1 Å². The number of unbranched alkanes of at least 4 members (excludes halogenated alkanes) is 6. The molecule has 0 amide bonds. The summed E-state index contributed by atoms with van der Waals surface area (Å²) in [6.07, 6.45) is 11.1. The molecule has 4 heteroatoms. The summed E-state index contributed by atoms with van der Waals surface area (Å²) < 4.78 is 11.0. The summed E-state index contributed by atoms with van der Waals surface area (Å²) in [5.74, 6) is 1.62. The average molecular weight is 455 g/mol. The molecule has 0 spiro atoms. The van der Waals surface area contributed by atoms with E-state index in [2.05, 4.69) is 55.4 Å². The standard InChI is InChI=1S/C28H54O4/c1-22(2)17-20-31-26(29)16-14-12-10-9-11-13-15-19-28(24(5)6,25(7)8)27(30)32-21-18-23(3)4/h22-25H,9-21H2,1-8H3. The zero-order valence-corrected chi connectivity index (χ0v) is 22.6. The first-order chi connectivity index (χ1) is 15.0. The molecule has 0 aromatic rings. The van der Waals surface area contributed by atoms with Gasteiger partial charge < -0.3 is 9.47 Å². The Morgan fingerprint density at radius 3 is 1.53 bits per heavy atom. The Kier molecular flexibility index (Phi) is 16.8. The summed E-state index contributed by atoms with van der Waals surface area (Å²) in [6.45, 7) is 18.3. The summed E-state index contributed by atoms with van der Waals surface area (Å²) in [7, 11) is 0. The highest BCUT2D eigenvalue weighted by atomic mass is 16.5. The molecular weight excluding hydrogens is 400 g/mol. The molecule has 0 aliphatic carbocycles. The molecule has 0 rings (SSSR count). The monoisotopic (exact) mass is 454 g/mol. The van der Waals surface area contributed by atoms with Crippen molar-refractivity contribution in [3.8, 4) is 0 Å². The molecule has 0 bridgehead atoms.